The predicted octanol–water partition coefficient (Wildman–Crippen LogP) is 1.92. The first-order chi connectivity index (χ1) is 4.54. The van der Waals surface area contributed by atoms with Gasteiger partial charge in [0, 0.05) is 0 Å². The van der Waals surface area contributed by atoms with Gasteiger partial charge in [-0.25, -0.2) is 7.23 Å². The maximum atomic E-state index is 10.8. The molecule has 0 aromatic heterocycles. The fourth-order valence-electron chi connectivity index (χ4n) is 0.225. The normalized spacial score (nSPS) is 11.4. The fraction of sp³-hybridized carbons (Fsp3) is 0.500. The van der Waals surface area contributed by atoms with Crippen molar-refractivity contribution in [2.45, 2.75) is 0 Å². The number of aliphatic carboxylic acids is 1. The Labute approximate surface area is 74.1 Å². The van der Waals surface area contributed by atoms with Crippen molar-refractivity contribution < 1.29 is 21.7 Å². The van der Waals surface area contributed by atoms with Crippen LogP contribution in [0.4, 0.5) is 0 Å². The van der Waals surface area contributed by atoms with E-state index in [4.69, 9.17) is 5.11 Å². The first-order valence-electron chi connectivity index (χ1n) is 1.95. The molecule has 0 radical (unpaired) electrons. The van der Waals surface area contributed by atoms with Crippen molar-refractivity contribution in [2.75, 3.05) is 6.16 Å². The van der Waals surface area contributed by atoms with E-state index in [2.05, 4.69) is 39.7 Å². The summed E-state index contributed by atoms with van der Waals surface area (Å²) in [6.45, 7) is 0. The lowest BCUT2D eigenvalue weighted by atomic mass is 10.8. The fourth-order valence-corrected chi connectivity index (χ4v) is 2.12. The molecule has 8 heteroatoms. The van der Waals surface area contributed by atoms with Gasteiger partial charge in [0.05, 0.1) is 0 Å². The van der Waals surface area contributed by atoms with Crippen molar-refractivity contribution in [1.82, 2.24) is 0 Å². The molecule has 0 bridgehead atoms. The molecule has 0 fully saturated rings. The van der Waals surface area contributed by atoms with E-state index >= 15 is 0 Å². The van der Waals surface area contributed by atoms with E-state index < -0.39 is 19.7 Å². The molecule has 0 aliphatic heterocycles. The van der Waals surface area contributed by atoms with Gasteiger partial charge in [-0.15, -0.1) is 0 Å². The molecule has 0 rings (SSSR count). The average Bonchev–Trinajstić information content (AvgIpc) is 1.87. The summed E-state index contributed by atoms with van der Waals surface area (Å²) in [6.07, 6.45) is -0.691. The Morgan fingerprint density at radius 1 is 1.50 bits per heavy atom. The summed E-state index contributed by atoms with van der Waals surface area (Å²) in [5.41, 5.74) is 0. The first kappa shape index (κ1) is 10.6. The van der Waals surface area contributed by atoms with Gasteiger partial charge in [-0.2, -0.15) is 0 Å². The van der Waals surface area contributed by atoms with Gasteiger partial charge in [0.1, 0.15) is 38.7 Å². The summed E-state index contributed by atoms with van der Waals surface area (Å²) in [5, 5.41) is 8.14. The monoisotopic (exact) mass is 296 g/mol. The summed E-state index contributed by atoms with van der Waals surface area (Å²) in [5.74, 6) is -1.26. The topological polar surface area (TPSA) is 72.8 Å². The second-order valence-electron chi connectivity index (χ2n) is 1.30. The molecule has 0 aliphatic rings. The molecule has 0 amide bonds. The standard InChI is InChI=1S/C2H3Br2O5P/c3-8-10(7,9-4)1-2(5)6/h1H2,(H,5,6). The minimum atomic E-state index is -3.50. The van der Waals surface area contributed by atoms with E-state index in [9.17, 15) is 9.36 Å². The maximum absolute atomic E-state index is 10.8. The largest absolute Gasteiger partial charge is 0.481 e. The Balaban J connectivity index is 4.07. The number of carboxylic acids is 1. The van der Waals surface area contributed by atoms with E-state index in [-0.39, 0.29) is 0 Å². The van der Waals surface area contributed by atoms with E-state index in [1.165, 1.54) is 0 Å². The summed E-state index contributed by atoms with van der Waals surface area (Å²) >= 11 is 4.76. The molecule has 0 spiro atoms. The Morgan fingerprint density at radius 2 is 1.90 bits per heavy atom. The summed E-state index contributed by atoms with van der Waals surface area (Å²) in [4.78, 5) is 9.96. The van der Waals surface area contributed by atoms with Crippen LogP contribution in [0.2, 0.25) is 0 Å². The Kier molecular flexibility index (Phi) is 4.71. The van der Waals surface area contributed by atoms with Gasteiger partial charge in [-0.3, -0.25) is 9.36 Å². The third-order valence-corrected chi connectivity index (χ3v) is 4.26. The SMILES string of the molecule is O=C(O)CP(=O)(OBr)OBr. The van der Waals surface area contributed by atoms with Gasteiger partial charge in [0.2, 0.25) is 0 Å². The van der Waals surface area contributed by atoms with Crippen molar-refractivity contribution in [3.05, 3.63) is 0 Å². The molecular weight excluding hydrogens is 295 g/mol. The van der Waals surface area contributed by atoms with Crippen LogP contribution in [0.5, 0.6) is 0 Å². The second kappa shape index (κ2) is 4.46. The zero-order chi connectivity index (χ0) is 8.20. The molecule has 0 aromatic rings. The van der Waals surface area contributed by atoms with Crippen molar-refractivity contribution in [2.24, 2.45) is 0 Å². The zero-order valence-electron chi connectivity index (χ0n) is 4.49. The van der Waals surface area contributed by atoms with E-state index in [1.807, 2.05) is 0 Å². The van der Waals surface area contributed by atoms with Gasteiger partial charge in [0.15, 0.2) is 0 Å². The van der Waals surface area contributed by atoms with Gasteiger partial charge < -0.3 is 5.11 Å². The molecule has 10 heavy (non-hydrogen) atoms. The van der Waals surface area contributed by atoms with E-state index in [0.29, 0.717) is 0 Å². The highest BCUT2D eigenvalue weighted by Gasteiger charge is 2.27. The zero-order valence-corrected chi connectivity index (χ0v) is 8.56. The average molecular weight is 298 g/mol. The molecule has 0 heterocycles. The minimum absolute atomic E-state index is 0.691. The number of halogens is 2. The molecule has 5 nitrogen and oxygen atoms in total. The molecule has 0 atom stereocenters. The molecule has 1 N–H and O–H groups in total. The molecule has 0 aliphatic carbocycles. The lowest BCUT2D eigenvalue weighted by molar-refractivity contribution is -0.134. The van der Waals surface area contributed by atoms with Crippen molar-refractivity contribution in [3.8, 4) is 0 Å². The molecule has 0 unspecified atom stereocenters. The Hall–Kier alpha value is 0.580. The Morgan fingerprint density at radius 3 is 2.00 bits per heavy atom. The third kappa shape index (κ3) is 3.68. The van der Waals surface area contributed by atoms with E-state index in [1.54, 1.807) is 0 Å². The van der Waals surface area contributed by atoms with Gasteiger partial charge in [-0.05, 0) is 0 Å². The predicted molar refractivity (Wildman–Crippen MR) is 40.1 cm³/mol. The minimum Gasteiger partial charge on any atom is -0.481 e. The van der Waals surface area contributed by atoms with Crippen LogP contribution in [0.3, 0.4) is 0 Å². The van der Waals surface area contributed by atoms with Crippen LogP contribution < -0.4 is 0 Å². The van der Waals surface area contributed by atoms with Crippen LogP contribution in [-0.4, -0.2) is 17.2 Å². The lowest BCUT2D eigenvalue weighted by Crippen LogP contribution is -2.03. The summed E-state index contributed by atoms with van der Waals surface area (Å²) in [7, 11) is -3.50. The molecular formula is C2H3Br2O5P. The summed E-state index contributed by atoms with van der Waals surface area (Å²) < 4.78 is 19.1. The second-order valence-corrected chi connectivity index (χ2v) is 4.85. The first-order valence-corrected chi connectivity index (χ1v) is 4.98. The number of carboxylic acid groups (broad SMARTS) is 1. The van der Waals surface area contributed by atoms with Crippen molar-refractivity contribution in [3.63, 3.8) is 0 Å². The van der Waals surface area contributed by atoms with Crippen LogP contribution in [0.25, 0.3) is 0 Å². The number of hydrogen-bond acceptors (Lipinski definition) is 4. The maximum Gasteiger partial charge on any atom is 0.363 e. The molecule has 0 saturated heterocycles. The van der Waals surface area contributed by atoms with Crippen LogP contribution >= 0.6 is 40.1 Å². The van der Waals surface area contributed by atoms with Crippen LogP contribution in [0.1, 0.15) is 0 Å². The van der Waals surface area contributed by atoms with Gasteiger partial charge in [0.25, 0.3) is 0 Å². The van der Waals surface area contributed by atoms with Crippen LogP contribution in [0, 0.1) is 0 Å². The smallest absolute Gasteiger partial charge is 0.363 e. The number of carbonyl (C=O) groups is 1. The molecule has 0 aromatic carbocycles. The number of rotatable bonds is 4. The quantitative estimate of drug-likeness (QED) is 0.803. The highest BCUT2D eigenvalue weighted by atomic mass is 79.9. The van der Waals surface area contributed by atoms with Crippen LogP contribution in [-0.2, 0) is 16.6 Å². The Bertz CT molecular complexity index is 161. The van der Waals surface area contributed by atoms with Gasteiger partial charge in [-0.1, -0.05) is 0 Å². The third-order valence-electron chi connectivity index (χ3n) is 0.539. The molecule has 0 saturated carbocycles. The van der Waals surface area contributed by atoms with Crippen LogP contribution in [0.15, 0.2) is 0 Å². The van der Waals surface area contributed by atoms with E-state index in [0.717, 1.165) is 0 Å². The highest BCUT2D eigenvalue weighted by molar-refractivity contribution is 9.07. The van der Waals surface area contributed by atoms with Gasteiger partial charge >= 0.3 is 13.6 Å². The highest BCUT2D eigenvalue weighted by Crippen LogP contribution is 2.51. The van der Waals surface area contributed by atoms with Crippen molar-refractivity contribution in [1.29, 1.82) is 0 Å². The number of hydrogen-bond donors (Lipinski definition) is 1. The summed E-state index contributed by atoms with van der Waals surface area (Å²) in [6, 6.07) is 0. The molecule has 60 valence electrons. The lowest BCUT2D eigenvalue weighted by Gasteiger charge is -2.05. The van der Waals surface area contributed by atoms with Crippen molar-refractivity contribution >= 4 is 46.1 Å².